The van der Waals surface area contributed by atoms with Gasteiger partial charge in [0.25, 0.3) is 0 Å². The summed E-state index contributed by atoms with van der Waals surface area (Å²) in [6.45, 7) is 6.21. The van der Waals surface area contributed by atoms with Gasteiger partial charge in [-0.1, -0.05) is 49.0 Å². The number of nitrogens with zero attached hydrogens (tertiary/aromatic N) is 4. The first-order valence-corrected chi connectivity index (χ1v) is 10.2. The number of aromatic nitrogens is 5. The molecule has 6 nitrogen and oxygen atoms in total. The molecule has 2 aromatic heterocycles. The second-order valence-corrected chi connectivity index (χ2v) is 7.64. The molecule has 0 unspecified atom stereocenters. The number of aryl methyl sites for hydroxylation is 2. The van der Waals surface area contributed by atoms with Crippen LogP contribution in [-0.2, 0) is 6.42 Å². The number of Topliss-reactive ketones (excluding diaryl/α,β-unsaturated/α-hetero) is 1. The van der Waals surface area contributed by atoms with Gasteiger partial charge >= 0.3 is 0 Å². The van der Waals surface area contributed by atoms with Gasteiger partial charge in [0.15, 0.2) is 5.78 Å². The average Bonchev–Trinajstić information content (AvgIpc) is 3.35. The van der Waals surface area contributed by atoms with E-state index in [1.165, 1.54) is 22.9 Å². The van der Waals surface area contributed by atoms with E-state index < -0.39 is 0 Å². The highest BCUT2D eigenvalue weighted by molar-refractivity contribution is 7.99. The molecule has 0 amide bonds. The van der Waals surface area contributed by atoms with Crippen molar-refractivity contribution in [3.8, 4) is 5.69 Å². The van der Waals surface area contributed by atoms with Crippen LogP contribution in [0.15, 0.2) is 47.8 Å². The van der Waals surface area contributed by atoms with Crippen LogP contribution in [0.2, 0.25) is 0 Å². The van der Waals surface area contributed by atoms with Gasteiger partial charge in [-0.2, -0.15) is 4.68 Å². The number of aromatic amines is 1. The van der Waals surface area contributed by atoms with E-state index in [-0.39, 0.29) is 11.5 Å². The number of para-hydroxylation sites is 1. The van der Waals surface area contributed by atoms with Crippen LogP contribution in [0.1, 0.15) is 34.0 Å². The SMILES string of the molecule is CCc1cccc2c(C(=O)CSc3nnnn3-c3cccc(C)c3C)c[nH]c12. The molecule has 0 aliphatic rings. The quantitative estimate of drug-likeness (QED) is 0.392. The third-order valence-electron chi connectivity index (χ3n) is 5.06. The summed E-state index contributed by atoms with van der Waals surface area (Å²) in [5, 5.41) is 13.6. The maximum Gasteiger partial charge on any atom is 0.214 e. The third kappa shape index (κ3) is 3.22. The molecule has 4 rings (SSSR count). The summed E-state index contributed by atoms with van der Waals surface area (Å²) in [7, 11) is 0. The van der Waals surface area contributed by atoms with Gasteiger partial charge in [-0.05, 0) is 53.5 Å². The van der Waals surface area contributed by atoms with Crippen LogP contribution in [0.25, 0.3) is 16.6 Å². The molecule has 0 saturated heterocycles. The molecule has 142 valence electrons. The van der Waals surface area contributed by atoms with Crippen molar-refractivity contribution in [1.29, 1.82) is 0 Å². The molecule has 1 N–H and O–H groups in total. The fourth-order valence-electron chi connectivity index (χ4n) is 3.34. The summed E-state index contributed by atoms with van der Waals surface area (Å²) in [6.07, 6.45) is 2.73. The number of hydrogen-bond acceptors (Lipinski definition) is 5. The highest BCUT2D eigenvalue weighted by Crippen LogP contribution is 2.26. The Bertz CT molecular complexity index is 1160. The van der Waals surface area contributed by atoms with Crippen molar-refractivity contribution in [1.82, 2.24) is 25.2 Å². The summed E-state index contributed by atoms with van der Waals surface area (Å²) < 4.78 is 1.70. The first-order valence-electron chi connectivity index (χ1n) is 9.20. The van der Waals surface area contributed by atoms with Crippen molar-refractivity contribution in [2.24, 2.45) is 0 Å². The third-order valence-corrected chi connectivity index (χ3v) is 5.98. The lowest BCUT2D eigenvalue weighted by molar-refractivity contribution is 0.102. The van der Waals surface area contributed by atoms with E-state index in [1.54, 1.807) is 10.9 Å². The summed E-state index contributed by atoms with van der Waals surface area (Å²) >= 11 is 1.35. The molecule has 0 bridgehead atoms. The number of H-pyrrole nitrogens is 1. The van der Waals surface area contributed by atoms with E-state index in [0.29, 0.717) is 10.7 Å². The second-order valence-electron chi connectivity index (χ2n) is 6.70. The Kier molecular flexibility index (Phi) is 5.00. The lowest BCUT2D eigenvalue weighted by Gasteiger charge is -2.09. The standard InChI is InChI=1S/C21H21N5OS/c1-4-15-8-6-9-16-17(11-22-20(15)16)19(27)12-28-21-23-24-25-26(21)18-10-5-7-13(2)14(18)3/h5-11,22H,4,12H2,1-3H3. The largest absolute Gasteiger partial charge is 0.360 e. The summed E-state index contributed by atoms with van der Waals surface area (Å²) in [6, 6.07) is 12.1. The van der Waals surface area contributed by atoms with Crippen molar-refractivity contribution in [2.45, 2.75) is 32.3 Å². The van der Waals surface area contributed by atoms with Crippen LogP contribution in [-0.4, -0.2) is 36.7 Å². The lowest BCUT2D eigenvalue weighted by atomic mass is 10.1. The Labute approximate surface area is 167 Å². The van der Waals surface area contributed by atoms with E-state index >= 15 is 0 Å². The van der Waals surface area contributed by atoms with Crippen molar-refractivity contribution >= 4 is 28.4 Å². The molecule has 0 radical (unpaired) electrons. The number of hydrogen-bond donors (Lipinski definition) is 1. The van der Waals surface area contributed by atoms with E-state index in [4.69, 9.17) is 0 Å². The van der Waals surface area contributed by atoms with Gasteiger partial charge in [0.05, 0.1) is 11.4 Å². The fraction of sp³-hybridized carbons (Fsp3) is 0.238. The Hall–Kier alpha value is -2.93. The van der Waals surface area contributed by atoms with Gasteiger partial charge in [-0.25, -0.2) is 0 Å². The Morgan fingerprint density at radius 1 is 1.18 bits per heavy atom. The molecule has 2 heterocycles. The van der Waals surface area contributed by atoms with Crippen molar-refractivity contribution in [3.63, 3.8) is 0 Å². The Morgan fingerprint density at radius 2 is 2.00 bits per heavy atom. The molecule has 0 atom stereocenters. The van der Waals surface area contributed by atoms with E-state index in [0.717, 1.165) is 28.6 Å². The van der Waals surface area contributed by atoms with Gasteiger partial charge in [0.2, 0.25) is 5.16 Å². The number of carbonyl (C=O) groups excluding carboxylic acids is 1. The van der Waals surface area contributed by atoms with Crippen molar-refractivity contribution in [3.05, 3.63) is 64.8 Å². The number of thioether (sulfide) groups is 1. The molecule has 0 fully saturated rings. The maximum atomic E-state index is 12.9. The van der Waals surface area contributed by atoms with Crippen molar-refractivity contribution in [2.75, 3.05) is 5.75 Å². The zero-order valence-corrected chi connectivity index (χ0v) is 16.9. The molecule has 28 heavy (non-hydrogen) atoms. The predicted molar refractivity (Wildman–Crippen MR) is 111 cm³/mol. The second kappa shape index (κ2) is 7.59. The minimum absolute atomic E-state index is 0.0556. The van der Waals surface area contributed by atoms with Gasteiger partial charge in [-0.3, -0.25) is 4.79 Å². The molecule has 7 heteroatoms. The van der Waals surface area contributed by atoms with Crippen LogP contribution >= 0.6 is 11.8 Å². The number of rotatable bonds is 6. The molecule has 0 aliphatic heterocycles. The number of ketones is 1. The fourth-order valence-corrected chi connectivity index (χ4v) is 4.10. The highest BCUT2D eigenvalue weighted by atomic mass is 32.2. The molecule has 0 aliphatic carbocycles. The first kappa shape index (κ1) is 18.4. The van der Waals surface area contributed by atoms with E-state index in [9.17, 15) is 4.79 Å². The first-order chi connectivity index (χ1) is 13.6. The van der Waals surface area contributed by atoms with E-state index in [1.807, 2.05) is 31.2 Å². The number of carbonyl (C=O) groups is 1. The number of tetrazole rings is 1. The van der Waals surface area contributed by atoms with E-state index in [2.05, 4.69) is 46.5 Å². The van der Waals surface area contributed by atoms with Gasteiger partial charge < -0.3 is 4.98 Å². The molecule has 0 spiro atoms. The van der Waals surface area contributed by atoms with Crippen LogP contribution in [0.5, 0.6) is 0 Å². The van der Waals surface area contributed by atoms with Crippen molar-refractivity contribution < 1.29 is 4.79 Å². The smallest absolute Gasteiger partial charge is 0.214 e. The summed E-state index contributed by atoms with van der Waals surface area (Å²) in [4.78, 5) is 16.1. The average molecular weight is 392 g/mol. The Balaban J connectivity index is 1.57. The number of nitrogens with one attached hydrogen (secondary N) is 1. The predicted octanol–water partition coefficient (Wildman–Crippen LogP) is 4.30. The van der Waals surface area contributed by atoms with Gasteiger partial charge in [0.1, 0.15) is 0 Å². The lowest BCUT2D eigenvalue weighted by Crippen LogP contribution is -2.06. The molecule has 0 saturated carbocycles. The summed E-state index contributed by atoms with van der Waals surface area (Å²) in [5.41, 5.74) is 6.18. The maximum absolute atomic E-state index is 12.9. The Morgan fingerprint density at radius 3 is 2.82 bits per heavy atom. The monoisotopic (exact) mass is 391 g/mol. The van der Waals surface area contributed by atoms with Gasteiger partial charge in [0, 0.05) is 22.7 Å². The minimum Gasteiger partial charge on any atom is -0.360 e. The minimum atomic E-state index is 0.0556. The molecular weight excluding hydrogens is 370 g/mol. The van der Waals surface area contributed by atoms with Crippen LogP contribution < -0.4 is 0 Å². The van der Waals surface area contributed by atoms with Gasteiger partial charge in [-0.15, -0.1) is 5.10 Å². The summed E-state index contributed by atoms with van der Waals surface area (Å²) in [5.74, 6) is 0.328. The normalized spacial score (nSPS) is 11.2. The molecule has 4 aromatic rings. The number of benzene rings is 2. The van der Waals surface area contributed by atoms with Crippen LogP contribution in [0.4, 0.5) is 0 Å². The highest BCUT2D eigenvalue weighted by Gasteiger charge is 2.17. The topological polar surface area (TPSA) is 76.5 Å². The molecular formula is C21H21N5OS. The molecule has 2 aromatic carbocycles. The zero-order valence-electron chi connectivity index (χ0n) is 16.1. The number of fused-ring (bicyclic) bond motifs is 1. The van der Waals surface area contributed by atoms with Crippen LogP contribution in [0.3, 0.4) is 0 Å². The van der Waals surface area contributed by atoms with Crippen LogP contribution in [0, 0.1) is 13.8 Å². The zero-order chi connectivity index (χ0) is 19.7.